The van der Waals surface area contributed by atoms with Crippen LogP contribution in [0.4, 0.5) is 0 Å². The van der Waals surface area contributed by atoms with Gasteiger partial charge in [0.25, 0.3) is 0 Å². The normalized spacial score (nSPS) is 13.4. The van der Waals surface area contributed by atoms with Crippen LogP contribution in [0.5, 0.6) is 0 Å². The van der Waals surface area contributed by atoms with E-state index in [4.69, 9.17) is 0 Å². The summed E-state index contributed by atoms with van der Waals surface area (Å²) in [6.07, 6.45) is 6.21. The van der Waals surface area contributed by atoms with Gasteiger partial charge in [0.2, 0.25) is 0 Å². The van der Waals surface area contributed by atoms with Crippen LogP contribution in [-0.4, -0.2) is 22.4 Å². The van der Waals surface area contributed by atoms with Gasteiger partial charge in [0.1, 0.15) is 0 Å². The minimum absolute atomic E-state index is 0.400. The third-order valence-corrected chi connectivity index (χ3v) is 3.12. The lowest BCUT2D eigenvalue weighted by atomic mass is 10.1. The molecule has 0 bridgehead atoms. The second-order valence-electron chi connectivity index (χ2n) is 3.91. The van der Waals surface area contributed by atoms with E-state index in [9.17, 15) is 0 Å². The van der Waals surface area contributed by atoms with Crippen LogP contribution in [0.1, 0.15) is 39.7 Å². The molecule has 0 radical (unpaired) electrons. The molecule has 4 heteroatoms. The Balaban J connectivity index is 2.39. The Labute approximate surface area is 100 Å². The smallest absolute Gasteiger partial charge is 0.0632 e. The highest BCUT2D eigenvalue weighted by molar-refractivity contribution is 9.10. The first-order valence-corrected chi connectivity index (χ1v) is 6.39. The van der Waals surface area contributed by atoms with E-state index in [2.05, 4.69) is 47.1 Å². The number of nitrogens with one attached hydrogen (secondary N) is 1. The predicted octanol–water partition coefficient (Wildman–Crippen LogP) is 2.98. The number of hydrogen-bond donors (Lipinski definition) is 1. The van der Waals surface area contributed by atoms with Gasteiger partial charge in [0, 0.05) is 18.8 Å². The Kier molecular flexibility index (Phi) is 5.32. The van der Waals surface area contributed by atoms with Gasteiger partial charge in [-0.15, -0.1) is 0 Å². The summed E-state index contributed by atoms with van der Waals surface area (Å²) in [5.74, 6) is 0. The van der Waals surface area contributed by atoms with E-state index < -0.39 is 0 Å². The van der Waals surface area contributed by atoms with Gasteiger partial charge in [0.05, 0.1) is 16.7 Å². The van der Waals surface area contributed by atoms with Crippen molar-refractivity contribution in [3.63, 3.8) is 0 Å². The third kappa shape index (κ3) is 3.95. The van der Waals surface area contributed by atoms with Gasteiger partial charge in [-0.1, -0.05) is 13.8 Å². The largest absolute Gasteiger partial charge is 0.312 e. The molecule has 0 saturated heterocycles. The average Bonchev–Trinajstić information content (AvgIpc) is 2.66. The van der Waals surface area contributed by atoms with Crippen molar-refractivity contribution in [1.82, 2.24) is 15.1 Å². The van der Waals surface area contributed by atoms with Gasteiger partial charge in [-0.2, -0.15) is 5.10 Å². The van der Waals surface area contributed by atoms with Gasteiger partial charge in [0.15, 0.2) is 0 Å². The van der Waals surface area contributed by atoms with Crippen LogP contribution in [0.3, 0.4) is 0 Å². The first-order valence-electron chi connectivity index (χ1n) is 5.60. The van der Waals surface area contributed by atoms with Gasteiger partial charge < -0.3 is 5.32 Å². The third-order valence-electron chi connectivity index (χ3n) is 2.71. The Bertz CT molecular complexity index is 281. The lowest BCUT2D eigenvalue weighted by Gasteiger charge is -2.18. The molecule has 0 aromatic carbocycles. The molecule has 1 aromatic heterocycles. The first-order chi connectivity index (χ1) is 7.17. The molecule has 3 nitrogen and oxygen atoms in total. The molecule has 86 valence electrons. The topological polar surface area (TPSA) is 29.9 Å². The van der Waals surface area contributed by atoms with Crippen LogP contribution in [0, 0.1) is 0 Å². The van der Waals surface area contributed by atoms with Crippen molar-refractivity contribution >= 4 is 15.9 Å². The van der Waals surface area contributed by atoms with Crippen molar-refractivity contribution in [3.05, 3.63) is 16.9 Å². The van der Waals surface area contributed by atoms with E-state index in [1.54, 1.807) is 0 Å². The average molecular weight is 274 g/mol. The monoisotopic (exact) mass is 273 g/mol. The molecule has 0 amide bonds. The summed E-state index contributed by atoms with van der Waals surface area (Å²) in [5, 5.41) is 7.83. The molecule has 0 aliphatic heterocycles. The Morgan fingerprint density at radius 2 is 2.13 bits per heavy atom. The molecule has 0 aliphatic rings. The van der Waals surface area contributed by atoms with Crippen molar-refractivity contribution in [3.8, 4) is 0 Å². The predicted molar refractivity (Wildman–Crippen MR) is 67.0 cm³/mol. The lowest BCUT2D eigenvalue weighted by molar-refractivity contribution is 0.401. The molecule has 1 atom stereocenters. The second kappa shape index (κ2) is 6.28. The van der Waals surface area contributed by atoms with Crippen molar-refractivity contribution in [2.24, 2.45) is 0 Å². The maximum absolute atomic E-state index is 4.28. The molecule has 1 unspecified atom stereocenters. The summed E-state index contributed by atoms with van der Waals surface area (Å²) < 4.78 is 3.02. The second-order valence-corrected chi connectivity index (χ2v) is 4.82. The summed E-state index contributed by atoms with van der Waals surface area (Å²) >= 11 is 3.40. The molecule has 1 rings (SSSR count). The fraction of sp³-hybridized carbons (Fsp3) is 0.727. The van der Waals surface area contributed by atoms with E-state index in [0.717, 1.165) is 11.0 Å². The van der Waals surface area contributed by atoms with Gasteiger partial charge >= 0.3 is 0 Å². The Hall–Kier alpha value is -0.350. The van der Waals surface area contributed by atoms with Crippen LogP contribution < -0.4 is 5.32 Å². The van der Waals surface area contributed by atoms with Crippen LogP contribution in [0.2, 0.25) is 0 Å². The molecule has 0 saturated carbocycles. The fourth-order valence-corrected chi connectivity index (χ4v) is 1.87. The molecule has 1 N–H and O–H groups in total. The number of aromatic nitrogens is 2. The molecule has 0 aliphatic carbocycles. The summed E-state index contributed by atoms with van der Waals surface area (Å²) in [6, 6.07) is 1.03. The van der Waals surface area contributed by atoms with Crippen LogP contribution in [0.15, 0.2) is 16.9 Å². The van der Waals surface area contributed by atoms with Gasteiger partial charge in [-0.3, -0.25) is 4.68 Å². The summed E-state index contributed by atoms with van der Waals surface area (Å²) in [6.45, 7) is 7.59. The Morgan fingerprint density at radius 3 is 2.60 bits per heavy atom. The molecular formula is C11H20BrN3. The number of halogens is 1. The highest BCUT2D eigenvalue weighted by atomic mass is 79.9. The quantitative estimate of drug-likeness (QED) is 0.864. The fourth-order valence-electron chi connectivity index (χ4n) is 1.56. The minimum Gasteiger partial charge on any atom is -0.312 e. The van der Waals surface area contributed by atoms with Gasteiger partial charge in [-0.25, -0.2) is 0 Å². The van der Waals surface area contributed by atoms with Crippen LogP contribution in [-0.2, 0) is 0 Å². The maximum Gasteiger partial charge on any atom is 0.0632 e. The maximum atomic E-state index is 4.28. The lowest BCUT2D eigenvalue weighted by Crippen LogP contribution is -2.32. The minimum atomic E-state index is 0.400. The van der Waals surface area contributed by atoms with Crippen LogP contribution in [0.25, 0.3) is 0 Å². The first kappa shape index (κ1) is 12.7. The molecule has 0 spiro atoms. The Morgan fingerprint density at radius 1 is 1.47 bits per heavy atom. The molecule has 15 heavy (non-hydrogen) atoms. The standard InChI is InChI=1S/C11H20BrN3/c1-4-11(5-2)13-6-9(3)15-8-10(12)7-14-15/h7-9,11,13H,4-6H2,1-3H3. The van der Waals surface area contributed by atoms with Crippen LogP contribution >= 0.6 is 15.9 Å². The highest BCUT2D eigenvalue weighted by Crippen LogP contribution is 2.11. The van der Waals surface area contributed by atoms with Crippen molar-refractivity contribution in [1.29, 1.82) is 0 Å². The summed E-state index contributed by atoms with van der Waals surface area (Å²) in [4.78, 5) is 0. The molecule has 0 fully saturated rings. The van der Waals surface area contributed by atoms with Crippen molar-refractivity contribution in [2.75, 3.05) is 6.54 Å². The highest BCUT2D eigenvalue weighted by Gasteiger charge is 2.08. The SMILES string of the molecule is CCC(CC)NCC(C)n1cc(Br)cn1. The van der Waals surface area contributed by atoms with E-state index in [-0.39, 0.29) is 0 Å². The van der Waals surface area contributed by atoms with Crippen molar-refractivity contribution in [2.45, 2.75) is 45.7 Å². The molecule has 1 aromatic rings. The van der Waals surface area contributed by atoms with E-state index >= 15 is 0 Å². The number of hydrogen-bond acceptors (Lipinski definition) is 2. The zero-order valence-electron chi connectivity index (χ0n) is 9.70. The summed E-state index contributed by atoms with van der Waals surface area (Å²) in [7, 11) is 0. The zero-order valence-corrected chi connectivity index (χ0v) is 11.3. The van der Waals surface area contributed by atoms with E-state index in [0.29, 0.717) is 12.1 Å². The van der Waals surface area contributed by atoms with Gasteiger partial charge in [-0.05, 0) is 35.7 Å². The van der Waals surface area contributed by atoms with E-state index in [1.165, 1.54) is 12.8 Å². The van der Waals surface area contributed by atoms with Crippen molar-refractivity contribution < 1.29 is 0 Å². The molecular weight excluding hydrogens is 254 g/mol. The summed E-state index contributed by atoms with van der Waals surface area (Å²) in [5.41, 5.74) is 0. The zero-order chi connectivity index (χ0) is 11.3. The van der Waals surface area contributed by atoms with E-state index in [1.807, 2.05) is 17.1 Å². The number of nitrogens with zero attached hydrogens (tertiary/aromatic N) is 2. The number of rotatable bonds is 6. The molecule has 1 heterocycles.